The molecule has 37 heavy (non-hydrogen) atoms. The Morgan fingerprint density at radius 2 is 1.27 bits per heavy atom. The molecule has 1 aliphatic heterocycles. The Hall–Kier alpha value is -4.49. The van der Waals surface area contributed by atoms with E-state index in [1.54, 1.807) is 23.0 Å². The maximum Gasteiger partial charge on any atom is 0.272 e. The van der Waals surface area contributed by atoms with Gasteiger partial charge in [-0.25, -0.2) is 0 Å². The number of aromatic nitrogens is 1. The zero-order valence-electron chi connectivity index (χ0n) is 20.6. The molecule has 0 bridgehead atoms. The van der Waals surface area contributed by atoms with Gasteiger partial charge in [0, 0.05) is 59.6 Å². The second kappa shape index (κ2) is 11.1. The number of amides is 1. The van der Waals surface area contributed by atoms with Crippen LogP contribution in [0.15, 0.2) is 97.7 Å². The smallest absolute Gasteiger partial charge is 0.272 e. The molecule has 5 rings (SSSR count). The SMILES string of the molecule is C=Cn1cccc1C(=O)Nc1ccc(Nc2ccc(Nc3ccc(N4CCC(O)CC4)cc3)cc2)cc1. The molecule has 1 saturated heterocycles. The first-order valence-electron chi connectivity index (χ1n) is 12.5. The highest BCUT2D eigenvalue weighted by Gasteiger charge is 2.17. The number of aliphatic hydroxyl groups excluding tert-OH is 1. The molecule has 188 valence electrons. The van der Waals surface area contributed by atoms with Crippen LogP contribution in [-0.2, 0) is 0 Å². The van der Waals surface area contributed by atoms with Gasteiger partial charge in [-0.1, -0.05) is 6.58 Å². The maximum absolute atomic E-state index is 12.5. The summed E-state index contributed by atoms with van der Waals surface area (Å²) in [7, 11) is 0. The Morgan fingerprint density at radius 3 is 1.78 bits per heavy atom. The molecule has 0 unspecified atom stereocenters. The summed E-state index contributed by atoms with van der Waals surface area (Å²) in [6, 6.07) is 27.7. The van der Waals surface area contributed by atoms with Gasteiger partial charge in [0.15, 0.2) is 0 Å². The fraction of sp³-hybridized carbons (Fsp3) is 0.167. The number of carbonyl (C=O) groups is 1. The third-order valence-corrected chi connectivity index (χ3v) is 6.51. The van der Waals surface area contributed by atoms with Gasteiger partial charge >= 0.3 is 0 Å². The van der Waals surface area contributed by atoms with Gasteiger partial charge < -0.3 is 30.5 Å². The molecule has 0 spiro atoms. The molecule has 1 amide bonds. The Labute approximate surface area is 217 Å². The van der Waals surface area contributed by atoms with Crippen molar-refractivity contribution in [3.8, 4) is 0 Å². The first-order valence-corrected chi connectivity index (χ1v) is 12.5. The number of hydrogen-bond donors (Lipinski definition) is 4. The van der Waals surface area contributed by atoms with E-state index in [4.69, 9.17) is 0 Å². The van der Waals surface area contributed by atoms with Crippen LogP contribution in [0.25, 0.3) is 6.20 Å². The fourth-order valence-electron chi connectivity index (χ4n) is 4.43. The highest BCUT2D eigenvalue weighted by molar-refractivity contribution is 6.03. The largest absolute Gasteiger partial charge is 0.393 e. The molecule has 4 N–H and O–H groups in total. The quantitative estimate of drug-likeness (QED) is 0.232. The summed E-state index contributed by atoms with van der Waals surface area (Å²) in [5.41, 5.74) is 6.36. The van der Waals surface area contributed by atoms with Gasteiger partial charge in [-0.15, -0.1) is 0 Å². The third kappa shape index (κ3) is 6.02. The summed E-state index contributed by atoms with van der Waals surface area (Å²) in [5, 5.41) is 19.4. The normalized spacial score (nSPS) is 13.7. The van der Waals surface area contributed by atoms with E-state index >= 15 is 0 Å². The number of nitrogens with one attached hydrogen (secondary N) is 3. The molecule has 0 saturated carbocycles. The first kappa shape index (κ1) is 24.2. The fourth-order valence-corrected chi connectivity index (χ4v) is 4.43. The van der Waals surface area contributed by atoms with Crippen LogP contribution < -0.4 is 20.9 Å². The number of carbonyl (C=O) groups excluding carboxylic acids is 1. The van der Waals surface area contributed by atoms with Gasteiger partial charge in [-0.2, -0.15) is 0 Å². The summed E-state index contributed by atoms with van der Waals surface area (Å²) in [6.07, 6.45) is 4.87. The minimum absolute atomic E-state index is 0.164. The minimum Gasteiger partial charge on any atom is -0.393 e. The topological polar surface area (TPSA) is 81.6 Å². The zero-order chi connectivity index (χ0) is 25.6. The van der Waals surface area contributed by atoms with Crippen molar-refractivity contribution in [2.75, 3.05) is 33.9 Å². The highest BCUT2D eigenvalue weighted by atomic mass is 16.3. The van der Waals surface area contributed by atoms with Crippen LogP contribution in [0.3, 0.4) is 0 Å². The molecule has 4 aromatic rings. The molecule has 7 nitrogen and oxygen atoms in total. The van der Waals surface area contributed by atoms with Gasteiger partial charge in [-0.3, -0.25) is 4.79 Å². The Balaban J connectivity index is 1.14. The predicted molar refractivity (Wildman–Crippen MR) is 152 cm³/mol. The standard InChI is InChI=1S/C30H31N5O2/c1-2-34-19-3-4-29(34)30(37)33-26-11-9-24(10-12-26)31-22-5-7-23(8-6-22)32-25-13-15-27(16-14-25)35-20-17-28(36)18-21-35/h2-16,19,28,31-32,36H,1,17-18,20-21H2,(H,33,37). The molecule has 0 radical (unpaired) electrons. The Morgan fingerprint density at radius 1 is 0.784 bits per heavy atom. The summed E-state index contributed by atoms with van der Waals surface area (Å²) >= 11 is 0. The predicted octanol–water partition coefficient (Wildman–Crippen LogP) is 6.29. The van der Waals surface area contributed by atoms with Crippen molar-refractivity contribution in [1.29, 1.82) is 0 Å². The molecule has 7 heteroatoms. The van der Waals surface area contributed by atoms with Gasteiger partial charge in [0.2, 0.25) is 0 Å². The van der Waals surface area contributed by atoms with E-state index in [1.807, 2.05) is 54.6 Å². The maximum atomic E-state index is 12.5. The number of nitrogens with zero attached hydrogens (tertiary/aromatic N) is 2. The number of benzene rings is 3. The van der Waals surface area contributed by atoms with E-state index in [-0.39, 0.29) is 12.0 Å². The van der Waals surface area contributed by atoms with Gasteiger partial charge in [-0.05, 0) is 97.8 Å². The molecule has 1 aromatic heterocycles. The Bertz CT molecular complexity index is 1340. The molecule has 1 aliphatic rings. The monoisotopic (exact) mass is 493 g/mol. The van der Waals surface area contributed by atoms with Crippen LogP contribution in [0, 0.1) is 0 Å². The van der Waals surface area contributed by atoms with E-state index in [9.17, 15) is 9.90 Å². The van der Waals surface area contributed by atoms with E-state index in [2.05, 4.69) is 51.7 Å². The number of aliphatic hydroxyl groups is 1. The second-order valence-electron chi connectivity index (χ2n) is 9.11. The lowest BCUT2D eigenvalue weighted by atomic mass is 10.1. The minimum atomic E-state index is -0.185. The number of piperidine rings is 1. The summed E-state index contributed by atoms with van der Waals surface area (Å²) in [5.74, 6) is -0.185. The molecule has 0 atom stereocenters. The van der Waals surface area contributed by atoms with Crippen molar-refractivity contribution >= 4 is 46.2 Å². The van der Waals surface area contributed by atoms with Gasteiger partial charge in [0.25, 0.3) is 5.91 Å². The number of hydrogen-bond acceptors (Lipinski definition) is 5. The summed E-state index contributed by atoms with van der Waals surface area (Å²) in [6.45, 7) is 5.50. The lowest BCUT2D eigenvalue weighted by molar-refractivity contribution is 0.102. The lowest BCUT2D eigenvalue weighted by Crippen LogP contribution is -2.35. The highest BCUT2D eigenvalue weighted by Crippen LogP contribution is 2.26. The van der Waals surface area contributed by atoms with Gasteiger partial charge in [0.1, 0.15) is 5.69 Å². The lowest BCUT2D eigenvalue weighted by Gasteiger charge is -2.31. The first-order chi connectivity index (χ1) is 18.1. The van der Waals surface area contributed by atoms with E-state index < -0.39 is 0 Å². The zero-order valence-corrected chi connectivity index (χ0v) is 20.6. The van der Waals surface area contributed by atoms with Crippen molar-refractivity contribution < 1.29 is 9.90 Å². The van der Waals surface area contributed by atoms with Crippen molar-refractivity contribution in [3.05, 3.63) is 103 Å². The van der Waals surface area contributed by atoms with Crippen LogP contribution in [0.5, 0.6) is 0 Å². The average Bonchev–Trinajstić information content (AvgIpc) is 3.41. The van der Waals surface area contributed by atoms with Crippen molar-refractivity contribution in [2.45, 2.75) is 18.9 Å². The Kier molecular flexibility index (Phi) is 7.23. The van der Waals surface area contributed by atoms with E-state index in [1.165, 1.54) is 5.69 Å². The van der Waals surface area contributed by atoms with Crippen LogP contribution in [0.4, 0.5) is 34.1 Å². The number of anilines is 6. The molecular weight excluding hydrogens is 462 g/mol. The molecule has 1 fully saturated rings. The van der Waals surface area contributed by atoms with Crippen LogP contribution >= 0.6 is 0 Å². The van der Waals surface area contributed by atoms with Crippen molar-refractivity contribution in [2.24, 2.45) is 0 Å². The summed E-state index contributed by atoms with van der Waals surface area (Å²) < 4.78 is 1.68. The van der Waals surface area contributed by atoms with Gasteiger partial charge in [0.05, 0.1) is 6.10 Å². The van der Waals surface area contributed by atoms with Crippen LogP contribution in [-0.4, -0.2) is 34.8 Å². The molecule has 3 aromatic carbocycles. The van der Waals surface area contributed by atoms with Crippen molar-refractivity contribution in [1.82, 2.24) is 4.57 Å². The van der Waals surface area contributed by atoms with E-state index in [0.29, 0.717) is 5.69 Å². The molecule has 2 heterocycles. The van der Waals surface area contributed by atoms with E-state index in [0.717, 1.165) is 54.4 Å². The van der Waals surface area contributed by atoms with Crippen molar-refractivity contribution in [3.63, 3.8) is 0 Å². The van der Waals surface area contributed by atoms with Crippen LogP contribution in [0.1, 0.15) is 23.3 Å². The number of rotatable bonds is 8. The molecule has 0 aliphatic carbocycles. The molecular formula is C30H31N5O2. The average molecular weight is 494 g/mol. The third-order valence-electron chi connectivity index (χ3n) is 6.51. The summed E-state index contributed by atoms with van der Waals surface area (Å²) in [4.78, 5) is 14.8. The second-order valence-corrected chi connectivity index (χ2v) is 9.11. The van der Waals surface area contributed by atoms with Crippen LogP contribution in [0.2, 0.25) is 0 Å².